The Bertz CT molecular complexity index is 516. The van der Waals surface area contributed by atoms with E-state index >= 15 is 0 Å². The van der Waals surface area contributed by atoms with Crippen molar-refractivity contribution in [3.63, 3.8) is 0 Å². The van der Waals surface area contributed by atoms with Crippen molar-refractivity contribution in [3.8, 4) is 5.75 Å². The Morgan fingerprint density at radius 3 is 2.71 bits per heavy atom. The minimum Gasteiger partial charge on any atom is -0.489 e. The molecule has 1 aliphatic rings. The van der Waals surface area contributed by atoms with Crippen LogP contribution in [0.25, 0.3) is 0 Å². The molecule has 0 heterocycles. The third-order valence-electron chi connectivity index (χ3n) is 3.47. The lowest BCUT2D eigenvalue weighted by Crippen LogP contribution is -2.35. The number of ether oxygens (including phenoxy) is 1. The molecule has 0 bridgehead atoms. The highest BCUT2D eigenvalue weighted by Crippen LogP contribution is 2.44. The molecule has 1 aromatic rings. The highest BCUT2D eigenvalue weighted by Gasteiger charge is 2.42. The number of carbonyl (C=O) groups is 1. The second kappa shape index (κ2) is 6.54. The van der Waals surface area contributed by atoms with Crippen molar-refractivity contribution in [3.05, 3.63) is 23.2 Å². The molecular weight excluding hydrogens is 292 g/mol. The number of nitrogens with one attached hydrogen (secondary N) is 2. The highest BCUT2D eigenvalue weighted by atomic mass is 35.5. The molecule has 0 spiro atoms. The number of rotatable bonds is 6. The molecule has 21 heavy (non-hydrogen) atoms. The van der Waals surface area contributed by atoms with Crippen LogP contribution >= 0.6 is 11.6 Å². The predicted molar refractivity (Wildman–Crippen MR) is 83.0 cm³/mol. The molecule has 6 heteroatoms. The van der Waals surface area contributed by atoms with Crippen LogP contribution < -0.4 is 15.4 Å². The van der Waals surface area contributed by atoms with Gasteiger partial charge in [0.05, 0.1) is 17.7 Å². The molecule has 0 saturated heterocycles. The molecule has 5 nitrogen and oxygen atoms in total. The van der Waals surface area contributed by atoms with Crippen LogP contribution in [0.3, 0.4) is 0 Å². The summed E-state index contributed by atoms with van der Waals surface area (Å²) in [5, 5.41) is 15.1. The van der Waals surface area contributed by atoms with Gasteiger partial charge < -0.3 is 20.5 Å². The first-order valence-corrected chi connectivity index (χ1v) is 7.44. The number of anilines is 1. The molecule has 0 unspecified atom stereocenters. The standard InChI is InChI=1S/C15H21ClN2O3/c1-10(2)21-13-4-3-11(7-12(13)16)18-14(20)17-8-15(9-19)5-6-15/h3-4,7,10,19H,5-6,8-9H2,1-2H3,(H2,17,18,20). The van der Waals surface area contributed by atoms with Crippen molar-refractivity contribution in [1.82, 2.24) is 5.32 Å². The number of benzene rings is 1. The summed E-state index contributed by atoms with van der Waals surface area (Å²) in [5.74, 6) is 0.592. The van der Waals surface area contributed by atoms with Gasteiger partial charge in [-0.25, -0.2) is 4.79 Å². The van der Waals surface area contributed by atoms with Crippen LogP contribution in [0.4, 0.5) is 10.5 Å². The van der Waals surface area contributed by atoms with Crippen LogP contribution in [0.15, 0.2) is 18.2 Å². The molecule has 3 N–H and O–H groups in total. The van der Waals surface area contributed by atoms with Crippen LogP contribution in [0.2, 0.25) is 5.02 Å². The number of halogens is 1. The summed E-state index contributed by atoms with van der Waals surface area (Å²) in [7, 11) is 0. The first kappa shape index (κ1) is 15.9. The molecule has 2 amide bonds. The van der Waals surface area contributed by atoms with Gasteiger partial charge in [0.15, 0.2) is 0 Å². The molecule has 0 radical (unpaired) electrons. The van der Waals surface area contributed by atoms with Crippen molar-refractivity contribution >= 4 is 23.3 Å². The van der Waals surface area contributed by atoms with E-state index in [4.69, 9.17) is 16.3 Å². The van der Waals surface area contributed by atoms with Gasteiger partial charge in [-0.15, -0.1) is 0 Å². The maximum Gasteiger partial charge on any atom is 0.319 e. The van der Waals surface area contributed by atoms with E-state index in [-0.39, 0.29) is 24.2 Å². The Balaban J connectivity index is 1.87. The van der Waals surface area contributed by atoms with Gasteiger partial charge in [0.25, 0.3) is 0 Å². The largest absolute Gasteiger partial charge is 0.489 e. The lowest BCUT2D eigenvalue weighted by atomic mass is 10.1. The smallest absolute Gasteiger partial charge is 0.319 e. The number of carbonyl (C=O) groups excluding carboxylic acids is 1. The van der Waals surface area contributed by atoms with Gasteiger partial charge in [-0.1, -0.05) is 11.6 Å². The molecule has 0 aliphatic heterocycles. The lowest BCUT2D eigenvalue weighted by molar-refractivity contribution is 0.206. The van der Waals surface area contributed by atoms with Crippen LogP contribution in [0, 0.1) is 5.41 Å². The van der Waals surface area contributed by atoms with E-state index in [1.54, 1.807) is 18.2 Å². The number of aliphatic hydroxyl groups is 1. The molecular formula is C15H21ClN2O3. The van der Waals surface area contributed by atoms with E-state index in [1.807, 2.05) is 13.8 Å². The van der Waals surface area contributed by atoms with E-state index in [1.165, 1.54) is 0 Å². The van der Waals surface area contributed by atoms with Gasteiger partial charge in [0, 0.05) is 17.6 Å². The average molecular weight is 313 g/mol. The monoisotopic (exact) mass is 312 g/mol. The van der Waals surface area contributed by atoms with Crippen molar-refractivity contribution in [2.24, 2.45) is 5.41 Å². The Hall–Kier alpha value is -1.46. The van der Waals surface area contributed by atoms with Crippen LogP contribution in [0.5, 0.6) is 5.75 Å². The summed E-state index contributed by atoms with van der Waals surface area (Å²) < 4.78 is 5.53. The number of urea groups is 1. The van der Waals surface area contributed by atoms with Crippen LogP contribution in [-0.2, 0) is 0 Å². The Kier molecular flexibility index (Phi) is 4.96. The summed E-state index contributed by atoms with van der Waals surface area (Å²) >= 11 is 6.11. The van der Waals surface area contributed by atoms with Crippen molar-refractivity contribution in [1.29, 1.82) is 0 Å². The molecule has 1 fully saturated rings. The fourth-order valence-electron chi connectivity index (χ4n) is 1.94. The highest BCUT2D eigenvalue weighted by molar-refractivity contribution is 6.32. The van der Waals surface area contributed by atoms with Gasteiger partial charge in [-0.3, -0.25) is 0 Å². The van der Waals surface area contributed by atoms with E-state index in [0.29, 0.717) is 23.0 Å². The molecule has 1 aromatic carbocycles. The normalized spacial score (nSPS) is 15.7. The fourth-order valence-corrected chi connectivity index (χ4v) is 2.16. The maximum atomic E-state index is 11.8. The minimum atomic E-state index is -0.302. The zero-order valence-corrected chi connectivity index (χ0v) is 13.0. The molecule has 1 aliphatic carbocycles. The molecule has 2 rings (SSSR count). The SMILES string of the molecule is CC(C)Oc1ccc(NC(=O)NCC2(CO)CC2)cc1Cl. The number of amides is 2. The summed E-state index contributed by atoms with van der Waals surface area (Å²) in [5.41, 5.74) is 0.492. The Morgan fingerprint density at radius 1 is 1.48 bits per heavy atom. The number of hydrogen-bond acceptors (Lipinski definition) is 3. The minimum absolute atomic E-state index is 0.0396. The third-order valence-corrected chi connectivity index (χ3v) is 3.76. The Labute approximate surface area is 129 Å². The molecule has 1 saturated carbocycles. The van der Waals surface area contributed by atoms with E-state index in [0.717, 1.165) is 12.8 Å². The summed E-state index contributed by atoms with van der Waals surface area (Å²) in [6, 6.07) is 4.82. The van der Waals surface area contributed by atoms with Crippen LogP contribution in [0.1, 0.15) is 26.7 Å². The summed E-state index contributed by atoms with van der Waals surface area (Å²) in [6.07, 6.45) is 1.95. The average Bonchev–Trinajstić information content (AvgIpc) is 3.20. The zero-order valence-electron chi connectivity index (χ0n) is 12.3. The topological polar surface area (TPSA) is 70.6 Å². The quantitative estimate of drug-likeness (QED) is 0.756. The first-order chi connectivity index (χ1) is 9.94. The molecule has 0 atom stereocenters. The summed E-state index contributed by atoms with van der Waals surface area (Å²) in [4.78, 5) is 11.8. The molecule has 116 valence electrons. The van der Waals surface area contributed by atoms with Gasteiger partial charge in [0.2, 0.25) is 0 Å². The van der Waals surface area contributed by atoms with E-state index in [2.05, 4.69) is 10.6 Å². The van der Waals surface area contributed by atoms with Gasteiger partial charge >= 0.3 is 6.03 Å². The maximum absolute atomic E-state index is 11.8. The van der Waals surface area contributed by atoms with Crippen LogP contribution in [-0.4, -0.2) is 30.4 Å². The van der Waals surface area contributed by atoms with Crippen molar-refractivity contribution < 1.29 is 14.6 Å². The Morgan fingerprint density at radius 2 is 2.19 bits per heavy atom. The third kappa shape index (κ3) is 4.51. The second-order valence-corrected chi connectivity index (χ2v) is 6.18. The number of hydrogen-bond donors (Lipinski definition) is 3. The lowest BCUT2D eigenvalue weighted by Gasteiger charge is -2.15. The van der Waals surface area contributed by atoms with E-state index in [9.17, 15) is 9.90 Å². The zero-order chi connectivity index (χ0) is 15.5. The van der Waals surface area contributed by atoms with Gasteiger partial charge in [-0.2, -0.15) is 0 Å². The summed E-state index contributed by atoms with van der Waals surface area (Å²) in [6.45, 7) is 4.44. The van der Waals surface area contributed by atoms with E-state index < -0.39 is 0 Å². The van der Waals surface area contributed by atoms with Gasteiger partial charge in [-0.05, 0) is 44.9 Å². The van der Waals surface area contributed by atoms with Gasteiger partial charge in [0.1, 0.15) is 5.75 Å². The second-order valence-electron chi connectivity index (χ2n) is 5.78. The predicted octanol–water partition coefficient (Wildman–Crippen LogP) is 3.02. The fraction of sp³-hybridized carbons (Fsp3) is 0.533. The van der Waals surface area contributed by atoms with Crippen molar-refractivity contribution in [2.75, 3.05) is 18.5 Å². The first-order valence-electron chi connectivity index (χ1n) is 7.06. The van der Waals surface area contributed by atoms with Crippen molar-refractivity contribution in [2.45, 2.75) is 32.8 Å². The number of aliphatic hydroxyl groups excluding tert-OH is 1. The molecule has 0 aromatic heterocycles.